The molecule has 0 N–H and O–H groups in total. The van der Waals surface area contributed by atoms with Crippen molar-refractivity contribution in [1.82, 2.24) is 19.5 Å². The molecule has 0 amide bonds. The lowest BCUT2D eigenvalue weighted by Crippen LogP contribution is -2.37. The second-order valence-corrected chi connectivity index (χ2v) is 7.59. The topological polar surface area (TPSA) is 46.8 Å². The normalized spacial score (nSPS) is 18.7. The Morgan fingerprint density at radius 3 is 3.00 bits per heavy atom. The van der Waals surface area contributed by atoms with Crippen LogP contribution in [0.4, 0.5) is 5.82 Å². The van der Waals surface area contributed by atoms with Crippen LogP contribution in [-0.4, -0.2) is 32.6 Å². The Kier molecular flexibility index (Phi) is 3.77. The van der Waals surface area contributed by atoms with E-state index in [0.29, 0.717) is 5.92 Å². The van der Waals surface area contributed by atoms with Crippen molar-refractivity contribution in [3.63, 3.8) is 0 Å². The molecule has 1 atom stereocenters. The molecule has 3 aromatic rings. The van der Waals surface area contributed by atoms with E-state index in [9.17, 15) is 0 Å². The van der Waals surface area contributed by atoms with Crippen molar-refractivity contribution in [3.8, 4) is 0 Å². The zero-order valence-corrected chi connectivity index (χ0v) is 14.4. The first kappa shape index (κ1) is 14.6. The van der Waals surface area contributed by atoms with Gasteiger partial charge < -0.3 is 9.47 Å². The molecular formula is C17H21N5S. The van der Waals surface area contributed by atoms with Crippen LogP contribution in [0, 0.1) is 19.8 Å². The van der Waals surface area contributed by atoms with Crippen LogP contribution >= 0.6 is 11.3 Å². The Labute approximate surface area is 140 Å². The van der Waals surface area contributed by atoms with Gasteiger partial charge in [0.05, 0.1) is 5.39 Å². The minimum Gasteiger partial charge on any atom is -0.356 e. The van der Waals surface area contributed by atoms with E-state index in [4.69, 9.17) is 0 Å². The predicted octanol–water partition coefficient (Wildman–Crippen LogP) is 3.42. The first-order chi connectivity index (χ1) is 11.2. The largest absolute Gasteiger partial charge is 0.356 e. The molecule has 1 saturated heterocycles. The fourth-order valence-electron chi connectivity index (χ4n) is 3.50. The SMILES string of the molecule is Cc1cc2c(N3CCC[C@H](Cn4ccnc4C)C3)ncnc2s1. The lowest BCUT2D eigenvalue weighted by atomic mass is 9.97. The lowest BCUT2D eigenvalue weighted by Gasteiger charge is -2.34. The molecule has 4 heterocycles. The fraction of sp³-hybridized carbons (Fsp3) is 0.471. The molecule has 1 fully saturated rings. The zero-order valence-electron chi connectivity index (χ0n) is 13.6. The van der Waals surface area contributed by atoms with Gasteiger partial charge >= 0.3 is 0 Å². The van der Waals surface area contributed by atoms with Crippen molar-refractivity contribution in [2.75, 3.05) is 18.0 Å². The number of nitrogens with zero attached hydrogens (tertiary/aromatic N) is 5. The van der Waals surface area contributed by atoms with Gasteiger partial charge in [-0.25, -0.2) is 15.0 Å². The van der Waals surface area contributed by atoms with E-state index in [1.165, 1.54) is 23.1 Å². The quantitative estimate of drug-likeness (QED) is 0.739. The van der Waals surface area contributed by atoms with Gasteiger partial charge in [-0.05, 0) is 38.7 Å². The van der Waals surface area contributed by atoms with Crippen LogP contribution in [0.5, 0.6) is 0 Å². The molecule has 1 aliphatic rings. The van der Waals surface area contributed by atoms with Crippen molar-refractivity contribution >= 4 is 27.4 Å². The molecular weight excluding hydrogens is 306 g/mol. The van der Waals surface area contributed by atoms with Gasteiger partial charge in [-0.15, -0.1) is 11.3 Å². The Hall–Kier alpha value is -1.95. The fourth-order valence-corrected chi connectivity index (χ4v) is 4.34. The smallest absolute Gasteiger partial charge is 0.140 e. The number of imidazole rings is 1. The summed E-state index contributed by atoms with van der Waals surface area (Å²) in [5, 5.41) is 1.20. The van der Waals surface area contributed by atoms with Gasteiger partial charge in [0.2, 0.25) is 0 Å². The minimum absolute atomic E-state index is 0.640. The van der Waals surface area contributed by atoms with Gasteiger partial charge in [0, 0.05) is 36.9 Å². The molecule has 3 aromatic heterocycles. The van der Waals surface area contributed by atoms with Gasteiger partial charge in [-0.2, -0.15) is 0 Å². The van der Waals surface area contributed by atoms with Gasteiger partial charge in [-0.1, -0.05) is 0 Å². The van der Waals surface area contributed by atoms with E-state index < -0.39 is 0 Å². The Bertz CT molecular complexity index is 821. The second-order valence-electron chi connectivity index (χ2n) is 6.35. The van der Waals surface area contributed by atoms with Crippen LogP contribution in [0.1, 0.15) is 23.5 Å². The molecule has 0 spiro atoms. The summed E-state index contributed by atoms with van der Waals surface area (Å²) in [6.45, 7) is 7.39. The van der Waals surface area contributed by atoms with E-state index in [2.05, 4.69) is 50.5 Å². The number of rotatable bonds is 3. The van der Waals surface area contributed by atoms with E-state index >= 15 is 0 Å². The summed E-state index contributed by atoms with van der Waals surface area (Å²) in [6.07, 6.45) is 8.16. The highest BCUT2D eigenvalue weighted by atomic mass is 32.1. The molecule has 0 unspecified atom stereocenters. The minimum atomic E-state index is 0.640. The zero-order chi connectivity index (χ0) is 15.8. The highest BCUT2D eigenvalue weighted by Crippen LogP contribution is 2.32. The van der Waals surface area contributed by atoms with Crippen LogP contribution in [0.3, 0.4) is 0 Å². The van der Waals surface area contributed by atoms with Crippen LogP contribution in [0.15, 0.2) is 24.8 Å². The number of aryl methyl sites for hydroxylation is 2. The van der Waals surface area contributed by atoms with E-state index in [1.807, 2.05) is 6.20 Å². The first-order valence-electron chi connectivity index (χ1n) is 8.14. The third-order valence-electron chi connectivity index (χ3n) is 4.63. The van der Waals surface area contributed by atoms with Crippen LogP contribution < -0.4 is 4.90 Å². The summed E-state index contributed by atoms with van der Waals surface area (Å²) < 4.78 is 2.26. The molecule has 4 rings (SSSR count). The molecule has 0 aliphatic carbocycles. The molecule has 0 saturated carbocycles. The number of thiophene rings is 1. The summed E-state index contributed by atoms with van der Waals surface area (Å²) >= 11 is 1.75. The number of anilines is 1. The van der Waals surface area contributed by atoms with Gasteiger partial charge in [-0.3, -0.25) is 0 Å². The maximum absolute atomic E-state index is 4.60. The Balaban J connectivity index is 1.58. The molecule has 23 heavy (non-hydrogen) atoms. The van der Waals surface area contributed by atoms with Crippen molar-refractivity contribution in [1.29, 1.82) is 0 Å². The molecule has 0 aromatic carbocycles. The summed E-state index contributed by atoms with van der Waals surface area (Å²) in [4.78, 5) is 18.2. The van der Waals surface area contributed by atoms with Crippen molar-refractivity contribution in [3.05, 3.63) is 35.5 Å². The second kappa shape index (κ2) is 5.92. The van der Waals surface area contributed by atoms with Crippen LogP contribution in [0.25, 0.3) is 10.2 Å². The number of hydrogen-bond donors (Lipinski definition) is 0. The van der Waals surface area contributed by atoms with Gasteiger partial charge in [0.15, 0.2) is 0 Å². The van der Waals surface area contributed by atoms with Crippen LogP contribution in [-0.2, 0) is 6.54 Å². The molecule has 120 valence electrons. The summed E-state index contributed by atoms with van der Waals surface area (Å²) in [6, 6.07) is 2.22. The van der Waals surface area contributed by atoms with Gasteiger partial charge in [0.1, 0.15) is 22.8 Å². The first-order valence-corrected chi connectivity index (χ1v) is 8.96. The van der Waals surface area contributed by atoms with Crippen molar-refractivity contribution in [2.45, 2.75) is 33.2 Å². The number of fused-ring (bicyclic) bond motifs is 1. The maximum Gasteiger partial charge on any atom is 0.140 e. The average molecular weight is 327 g/mol. The average Bonchev–Trinajstić information content (AvgIpc) is 3.12. The maximum atomic E-state index is 4.60. The standard InChI is InChI=1S/C17H21N5S/c1-12-8-15-16(19-11-20-17(15)23-12)22-6-3-4-14(10-22)9-21-7-5-18-13(21)2/h5,7-8,11,14H,3-4,6,9-10H2,1-2H3/t14-/m1/s1. The summed E-state index contributed by atoms with van der Waals surface area (Å²) in [5.41, 5.74) is 0. The van der Waals surface area contributed by atoms with Crippen molar-refractivity contribution in [2.24, 2.45) is 5.92 Å². The number of aromatic nitrogens is 4. The third kappa shape index (κ3) is 2.83. The molecule has 5 nitrogen and oxygen atoms in total. The number of piperidine rings is 1. The summed E-state index contributed by atoms with van der Waals surface area (Å²) in [7, 11) is 0. The molecule has 0 radical (unpaired) electrons. The third-order valence-corrected chi connectivity index (χ3v) is 5.59. The highest BCUT2D eigenvalue weighted by Gasteiger charge is 2.23. The van der Waals surface area contributed by atoms with E-state index in [1.54, 1.807) is 17.7 Å². The highest BCUT2D eigenvalue weighted by molar-refractivity contribution is 7.18. The van der Waals surface area contributed by atoms with E-state index in [0.717, 1.165) is 36.1 Å². The lowest BCUT2D eigenvalue weighted by molar-refractivity contribution is 0.363. The molecule has 1 aliphatic heterocycles. The van der Waals surface area contributed by atoms with Crippen LogP contribution in [0.2, 0.25) is 0 Å². The van der Waals surface area contributed by atoms with Gasteiger partial charge in [0.25, 0.3) is 0 Å². The predicted molar refractivity (Wildman–Crippen MR) is 94.1 cm³/mol. The number of hydrogen-bond acceptors (Lipinski definition) is 5. The Morgan fingerprint density at radius 1 is 1.26 bits per heavy atom. The van der Waals surface area contributed by atoms with Crippen molar-refractivity contribution < 1.29 is 0 Å². The van der Waals surface area contributed by atoms with E-state index in [-0.39, 0.29) is 0 Å². The molecule has 6 heteroatoms. The summed E-state index contributed by atoms with van der Waals surface area (Å²) in [5.74, 6) is 2.84. The Morgan fingerprint density at radius 2 is 2.17 bits per heavy atom. The molecule has 0 bridgehead atoms. The monoisotopic (exact) mass is 327 g/mol.